The van der Waals surface area contributed by atoms with E-state index in [-0.39, 0.29) is 0 Å². The summed E-state index contributed by atoms with van der Waals surface area (Å²) >= 11 is 0. The Kier molecular flexibility index (Phi) is 3.61. The second-order valence-electron chi connectivity index (χ2n) is 5.96. The van der Waals surface area contributed by atoms with Crippen molar-refractivity contribution in [2.24, 2.45) is 0 Å². The van der Waals surface area contributed by atoms with Crippen LogP contribution in [-0.2, 0) is 0 Å². The molecular weight excluding hydrogens is 338 g/mol. The minimum Gasteiger partial charge on any atom is -0.324 e. The monoisotopic (exact) mass is 353 g/mol. The van der Waals surface area contributed by atoms with E-state index in [2.05, 4.69) is 25.4 Å². The fourth-order valence-electron chi connectivity index (χ4n) is 2.93. The van der Waals surface area contributed by atoms with Gasteiger partial charge in [-0.15, -0.1) is 0 Å². The Labute approximate surface area is 155 Å². The van der Waals surface area contributed by atoms with Crippen molar-refractivity contribution in [1.82, 2.24) is 29.3 Å². The van der Waals surface area contributed by atoms with Crippen LogP contribution in [0.25, 0.3) is 22.5 Å². The normalized spacial score (nSPS) is 11.0. The van der Waals surface area contributed by atoms with Crippen LogP contribution in [0.5, 0.6) is 0 Å². The molecule has 7 nitrogen and oxygen atoms in total. The van der Waals surface area contributed by atoms with Gasteiger partial charge in [0.15, 0.2) is 0 Å². The van der Waals surface area contributed by atoms with Crippen LogP contribution in [0, 0.1) is 0 Å². The summed E-state index contributed by atoms with van der Waals surface area (Å²) in [5.41, 5.74) is 3.83. The van der Waals surface area contributed by atoms with Crippen LogP contribution in [-0.4, -0.2) is 29.3 Å². The van der Waals surface area contributed by atoms with E-state index in [1.54, 1.807) is 18.7 Å². The number of rotatable bonds is 4. The predicted molar refractivity (Wildman–Crippen MR) is 104 cm³/mol. The average Bonchev–Trinajstić information content (AvgIpc) is 3.39. The van der Waals surface area contributed by atoms with Crippen molar-refractivity contribution in [1.29, 1.82) is 0 Å². The van der Waals surface area contributed by atoms with E-state index < -0.39 is 0 Å². The Morgan fingerprint density at radius 3 is 2.56 bits per heavy atom. The van der Waals surface area contributed by atoms with E-state index in [1.807, 2.05) is 76.1 Å². The Morgan fingerprint density at radius 2 is 1.70 bits per heavy atom. The van der Waals surface area contributed by atoms with Gasteiger partial charge in [0, 0.05) is 24.3 Å². The smallest absolute Gasteiger partial charge is 0.229 e. The zero-order valence-electron chi connectivity index (χ0n) is 14.3. The first-order chi connectivity index (χ1) is 13.4. The minimum absolute atomic E-state index is 0.525. The first-order valence-electron chi connectivity index (χ1n) is 8.49. The summed E-state index contributed by atoms with van der Waals surface area (Å²) in [6.07, 6.45) is 7.17. The zero-order chi connectivity index (χ0) is 18.1. The molecule has 0 aliphatic rings. The number of aromatic nitrogens is 6. The molecule has 2 aromatic carbocycles. The van der Waals surface area contributed by atoms with Crippen LogP contribution < -0.4 is 5.32 Å². The van der Waals surface area contributed by atoms with Gasteiger partial charge in [0.05, 0.1) is 16.7 Å². The highest BCUT2D eigenvalue weighted by Gasteiger charge is 2.07. The summed E-state index contributed by atoms with van der Waals surface area (Å²) in [6, 6.07) is 19.6. The molecule has 0 atom stereocenters. The van der Waals surface area contributed by atoms with Gasteiger partial charge in [0.25, 0.3) is 0 Å². The van der Waals surface area contributed by atoms with Gasteiger partial charge in [-0.05, 0) is 48.5 Å². The predicted octanol–water partition coefficient (Wildman–Crippen LogP) is 3.74. The van der Waals surface area contributed by atoms with Gasteiger partial charge in [-0.25, -0.2) is 14.6 Å². The number of nitrogens with zero attached hydrogens (tertiary/aromatic N) is 6. The van der Waals surface area contributed by atoms with Crippen molar-refractivity contribution in [3.63, 3.8) is 0 Å². The largest absolute Gasteiger partial charge is 0.324 e. The van der Waals surface area contributed by atoms with Gasteiger partial charge in [-0.1, -0.05) is 12.1 Å². The third-order valence-electron chi connectivity index (χ3n) is 4.23. The lowest BCUT2D eigenvalue weighted by atomic mass is 10.3. The number of fused-ring (bicyclic) bond motifs is 1. The second-order valence-corrected chi connectivity index (χ2v) is 5.96. The summed E-state index contributed by atoms with van der Waals surface area (Å²) in [7, 11) is 0. The molecule has 0 bridgehead atoms. The number of anilines is 2. The minimum atomic E-state index is 0.525. The summed E-state index contributed by atoms with van der Waals surface area (Å²) in [5.74, 6) is 1.28. The molecule has 1 N–H and O–H groups in total. The molecule has 3 heterocycles. The second kappa shape index (κ2) is 6.38. The first-order valence-corrected chi connectivity index (χ1v) is 8.49. The molecular formula is C20H15N7. The molecule has 0 amide bonds. The standard InChI is InChI=1S/C20H15N7/c1-2-5-18-17(4-1)22-14-26(18)19-10-12-21-20(25-19)24-15-6-8-16(9-7-15)27-13-3-11-23-27/h1-14H,(H,21,24,25). The maximum Gasteiger partial charge on any atom is 0.229 e. The highest BCUT2D eigenvalue weighted by molar-refractivity contribution is 5.76. The van der Waals surface area contributed by atoms with Gasteiger partial charge in [-0.3, -0.25) is 4.57 Å². The van der Waals surface area contributed by atoms with E-state index in [1.165, 1.54) is 0 Å². The number of para-hydroxylation sites is 2. The quantitative estimate of drug-likeness (QED) is 0.533. The van der Waals surface area contributed by atoms with E-state index in [9.17, 15) is 0 Å². The van der Waals surface area contributed by atoms with Crippen LogP contribution in [0.4, 0.5) is 11.6 Å². The maximum atomic E-state index is 4.62. The number of hydrogen-bond donors (Lipinski definition) is 1. The molecule has 0 saturated heterocycles. The van der Waals surface area contributed by atoms with E-state index in [4.69, 9.17) is 0 Å². The van der Waals surface area contributed by atoms with Crippen molar-refractivity contribution < 1.29 is 0 Å². The summed E-state index contributed by atoms with van der Waals surface area (Å²) in [5, 5.41) is 7.47. The molecule has 5 aromatic rings. The number of benzene rings is 2. The van der Waals surface area contributed by atoms with E-state index >= 15 is 0 Å². The third-order valence-corrected chi connectivity index (χ3v) is 4.23. The number of nitrogens with one attached hydrogen (secondary N) is 1. The topological polar surface area (TPSA) is 73.5 Å². The molecule has 0 unspecified atom stereocenters. The van der Waals surface area contributed by atoms with Crippen molar-refractivity contribution in [2.75, 3.05) is 5.32 Å². The molecule has 0 radical (unpaired) electrons. The molecule has 0 spiro atoms. The zero-order valence-corrected chi connectivity index (χ0v) is 14.3. The lowest BCUT2D eigenvalue weighted by Crippen LogP contribution is -2.02. The molecule has 3 aromatic heterocycles. The highest BCUT2D eigenvalue weighted by Crippen LogP contribution is 2.19. The van der Waals surface area contributed by atoms with E-state index in [0.29, 0.717) is 5.95 Å². The summed E-state index contributed by atoms with van der Waals surface area (Å²) in [4.78, 5) is 13.4. The average molecular weight is 353 g/mol. The van der Waals surface area contributed by atoms with Gasteiger partial charge < -0.3 is 5.32 Å². The third kappa shape index (κ3) is 2.91. The molecule has 5 rings (SSSR count). The van der Waals surface area contributed by atoms with Gasteiger partial charge in [0.2, 0.25) is 5.95 Å². The Hall–Kier alpha value is -4.00. The maximum absolute atomic E-state index is 4.62. The Morgan fingerprint density at radius 1 is 0.815 bits per heavy atom. The van der Waals surface area contributed by atoms with Crippen LogP contribution in [0.3, 0.4) is 0 Å². The van der Waals surface area contributed by atoms with Crippen molar-refractivity contribution >= 4 is 22.7 Å². The highest BCUT2D eigenvalue weighted by atomic mass is 15.3. The Bertz CT molecular complexity index is 1190. The molecule has 0 aliphatic carbocycles. The number of hydrogen-bond acceptors (Lipinski definition) is 5. The molecule has 27 heavy (non-hydrogen) atoms. The molecule has 7 heteroatoms. The van der Waals surface area contributed by atoms with Crippen LogP contribution in [0.2, 0.25) is 0 Å². The van der Waals surface area contributed by atoms with Gasteiger partial charge >= 0.3 is 0 Å². The van der Waals surface area contributed by atoms with Crippen LogP contribution in [0.15, 0.2) is 85.6 Å². The SMILES string of the molecule is c1ccc2c(c1)ncn2-c1ccnc(Nc2ccc(-n3cccn3)cc2)n1. The van der Waals surface area contributed by atoms with Crippen LogP contribution >= 0.6 is 0 Å². The molecule has 0 aliphatic heterocycles. The fraction of sp³-hybridized carbons (Fsp3) is 0. The Balaban J connectivity index is 1.42. The fourth-order valence-corrected chi connectivity index (χ4v) is 2.93. The lowest BCUT2D eigenvalue weighted by molar-refractivity contribution is 0.881. The number of imidazole rings is 1. The lowest BCUT2D eigenvalue weighted by Gasteiger charge is -2.08. The molecule has 130 valence electrons. The summed E-state index contributed by atoms with van der Waals surface area (Å²) < 4.78 is 3.76. The van der Waals surface area contributed by atoms with Crippen molar-refractivity contribution in [3.05, 3.63) is 85.6 Å². The van der Waals surface area contributed by atoms with Crippen LogP contribution in [0.1, 0.15) is 0 Å². The van der Waals surface area contributed by atoms with Crippen molar-refractivity contribution in [2.45, 2.75) is 0 Å². The van der Waals surface area contributed by atoms with E-state index in [0.717, 1.165) is 28.2 Å². The summed E-state index contributed by atoms with van der Waals surface area (Å²) in [6.45, 7) is 0. The van der Waals surface area contributed by atoms with Crippen molar-refractivity contribution in [3.8, 4) is 11.5 Å². The van der Waals surface area contributed by atoms with Gasteiger partial charge in [-0.2, -0.15) is 10.1 Å². The first kappa shape index (κ1) is 15.3. The molecule has 0 fully saturated rings. The van der Waals surface area contributed by atoms with Gasteiger partial charge in [0.1, 0.15) is 12.1 Å². The molecule has 0 saturated carbocycles.